The zero-order valence-corrected chi connectivity index (χ0v) is 19.1. The van der Waals surface area contributed by atoms with Gasteiger partial charge in [0.1, 0.15) is 5.82 Å². The number of para-hydroxylation sites is 1. The van der Waals surface area contributed by atoms with Crippen LogP contribution in [0.25, 0.3) is 11.3 Å². The molecule has 0 saturated carbocycles. The quantitative estimate of drug-likeness (QED) is 0.373. The maximum absolute atomic E-state index is 13.1. The van der Waals surface area contributed by atoms with E-state index in [9.17, 15) is 14.0 Å². The fourth-order valence-electron chi connectivity index (χ4n) is 3.73. The van der Waals surface area contributed by atoms with Gasteiger partial charge >= 0.3 is 0 Å². The number of aryl methyl sites for hydroxylation is 1. The average Bonchev–Trinajstić information content (AvgIpc) is 3.56. The highest BCUT2D eigenvalue weighted by molar-refractivity contribution is 6.03. The van der Waals surface area contributed by atoms with Gasteiger partial charge < -0.3 is 24.5 Å². The number of carbonyl (C=O) groups excluding carboxylic acids is 2. The topological polar surface area (TPSA) is 103 Å². The molecule has 2 amide bonds. The van der Waals surface area contributed by atoms with Gasteiger partial charge in [0.2, 0.25) is 12.7 Å². The van der Waals surface area contributed by atoms with Gasteiger partial charge in [0, 0.05) is 24.9 Å². The number of ether oxygens (including phenoxy) is 2. The number of aromatic nitrogens is 1. The third kappa shape index (κ3) is 5.35. The van der Waals surface area contributed by atoms with Crippen molar-refractivity contribution < 1.29 is 27.9 Å². The fourth-order valence-corrected chi connectivity index (χ4v) is 3.73. The van der Waals surface area contributed by atoms with E-state index in [0.29, 0.717) is 40.0 Å². The van der Waals surface area contributed by atoms with Crippen molar-refractivity contribution in [3.63, 3.8) is 0 Å². The second-order valence-electron chi connectivity index (χ2n) is 8.09. The molecule has 5 rings (SSSR count). The number of hydrogen-bond acceptors (Lipinski definition) is 6. The highest BCUT2D eigenvalue weighted by Crippen LogP contribution is 2.32. The van der Waals surface area contributed by atoms with Crippen LogP contribution in [0.15, 0.2) is 77.3 Å². The van der Waals surface area contributed by atoms with E-state index in [1.54, 1.807) is 48.7 Å². The standard InChI is InChI=1S/C27H22FN3O5/c28-19-8-6-18(7-9-19)24-15-29-26(36-24)12-11-25(32)31-21-4-2-1-3-20(21)27(33)30-14-17-5-10-22-23(13-17)35-16-34-22/h1-10,13,15H,11-12,14,16H2,(H,30,33)(H,31,32). The van der Waals surface area contributed by atoms with Crippen molar-refractivity contribution in [1.82, 2.24) is 10.3 Å². The van der Waals surface area contributed by atoms with Crippen LogP contribution in [0, 0.1) is 5.82 Å². The average molecular weight is 487 g/mol. The van der Waals surface area contributed by atoms with E-state index < -0.39 is 0 Å². The first kappa shape index (κ1) is 23.1. The first-order chi connectivity index (χ1) is 17.5. The van der Waals surface area contributed by atoms with Crippen LogP contribution in [-0.4, -0.2) is 23.6 Å². The van der Waals surface area contributed by atoms with Crippen LogP contribution in [0.5, 0.6) is 11.5 Å². The molecule has 0 spiro atoms. The number of oxazole rings is 1. The number of benzene rings is 3. The number of rotatable bonds is 8. The minimum absolute atomic E-state index is 0.108. The first-order valence-electron chi connectivity index (χ1n) is 11.3. The molecule has 1 aliphatic heterocycles. The van der Waals surface area contributed by atoms with Crippen LogP contribution in [0.4, 0.5) is 10.1 Å². The van der Waals surface area contributed by atoms with Crippen LogP contribution >= 0.6 is 0 Å². The zero-order valence-electron chi connectivity index (χ0n) is 19.1. The lowest BCUT2D eigenvalue weighted by Crippen LogP contribution is -2.25. The molecule has 0 radical (unpaired) electrons. The lowest BCUT2D eigenvalue weighted by molar-refractivity contribution is -0.116. The monoisotopic (exact) mass is 487 g/mol. The Morgan fingerprint density at radius 2 is 1.78 bits per heavy atom. The van der Waals surface area contributed by atoms with Crippen molar-refractivity contribution in [2.24, 2.45) is 0 Å². The largest absolute Gasteiger partial charge is 0.454 e. The third-order valence-electron chi connectivity index (χ3n) is 5.58. The molecule has 2 N–H and O–H groups in total. The van der Waals surface area contributed by atoms with Gasteiger partial charge in [-0.3, -0.25) is 9.59 Å². The summed E-state index contributed by atoms with van der Waals surface area (Å²) in [5.74, 6) is 1.26. The van der Waals surface area contributed by atoms with Crippen LogP contribution in [0.2, 0.25) is 0 Å². The van der Waals surface area contributed by atoms with Gasteiger partial charge in [-0.2, -0.15) is 0 Å². The minimum Gasteiger partial charge on any atom is -0.454 e. The summed E-state index contributed by atoms with van der Waals surface area (Å²) in [7, 11) is 0. The Hall–Kier alpha value is -4.66. The van der Waals surface area contributed by atoms with Crippen molar-refractivity contribution in [1.29, 1.82) is 0 Å². The number of hydrogen-bond donors (Lipinski definition) is 2. The van der Waals surface area contributed by atoms with E-state index in [0.717, 1.165) is 5.56 Å². The van der Waals surface area contributed by atoms with Crippen molar-refractivity contribution in [2.75, 3.05) is 12.1 Å². The molecule has 1 aliphatic rings. The summed E-state index contributed by atoms with van der Waals surface area (Å²) in [5.41, 5.74) is 2.31. The molecule has 0 atom stereocenters. The van der Waals surface area contributed by atoms with Crippen molar-refractivity contribution in [3.8, 4) is 22.8 Å². The Kier molecular flexibility index (Phi) is 6.61. The summed E-state index contributed by atoms with van der Waals surface area (Å²) in [5, 5.41) is 5.66. The molecule has 0 fully saturated rings. The Labute approximate surface area is 206 Å². The molecule has 0 aliphatic carbocycles. The number of carbonyl (C=O) groups is 2. The van der Waals surface area contributed by atoms with Gasteiger partial charge in [0.15, 0.2) is 23.1 Å². The molecule has 8 nitrogen and oxygen atoms in total. The Bertz CT molecular complexity index is 1400. The lowest BCUT2D eigenvalue weighted by atomic mass is 10.1. The summed E-state index contributed by atoms with van der Waals surface area (Å²) >= 11 is 0. The number of nitrogens with zero attached hydrogens (tertiary/aromatic N) is 1. The molecule has 2 heterocycles. The second kappa shape index (κ2) is 10.3. The third-order valence-corrected chi connectivity index (χ3v) is 5.58. The molecule has 9 heteroatoms. The van der Waals surface area contributed by atoms with Gasteiger partial charge in [-0.05, 0) is 54.1 Å². The van der Waals surface area contributed by atoms with E-state index in [-0.39, 0.29) is 43.8 Å². The number of halogens is 1. The van der Waals surface area contributed by atoms with Gasteiger partial charge in [-0.15, -0.1) is 0 Å². The molecule has 0 bridgehead atoms. The summed E-state index contributed by atoms with van der Waals surface area (Å²) in [6, 6.07) is 18.1. The molecule has 36 heavy (non-hydrogen) atoms. The van der Waals surface area contributed by atoms with E-state index in [1.807, 2.05) is 12.1 Å². The van der Waals surface area contributed by atoms with Crippen LogP contribution in [0.3, 0.4) is 0 Å². The molecule has 4 aromatic rings. The predicted octanol–water partition coefficient (Wildman–Crippen LogP) is 4.71. The van der Waals surface area contributed by atoms with Gasteiger partial charge in [0.05, 0.1) is 17.4 Å². The van der Waals surface area contributed by atoms with E-state index >= 15 is 0 Å². The minimum atomic E-state index is -0.336. The highest BCUT2D eigenvalue weighted by atomic mass is 19.1. The summed E-state index contributed by atoms with van der Waals surface area (Å²) in [6.07, 6.45) is 1.92. The first-order valence-corrected chi connectivity index (χ1v) is 11.3. The van der Waals surface area contributed by atoms with E-state index in [4.69, 9.17) is 13.9 Å². The van der Waals surface area contributed by atoms with Crippen LogP contribution in [0.1, 0.15) is 28.2 Å². The molecule has 0 unspecified atom stereocenters. The van der Waals surface area contributed by atoms with Crippen molar-refractivity contribution in [2.45, 2.75) is 19.4 Å². The van der Waals surface area contributed by atoms with Crippen LogP contribution < -0.4 is 20.1 Å². The van der Waals surface area contributed by atoms with E-state index in [1.165, 1.54) is 12.1 Å². The zero-order chi connectivity index (χ0) is 24.9. The summed E-state index contributed by atoms with van der Waals surface area (Å²) < 4.78 is 29.5. The van der Waals surface area contributed by atoms with E-state index in [2.05, 4.69) is 15.6 Å². The number of anilines is 1. The lowest BCUT2D eigenvalue weighted by Gasteiger charge is -2.11. The Morgan fingerprint density at radius 3 is 2.64 bits per heavy atom. The number of amides is 2. The SMILES string of the molecule is O=C(CCc1ncc(-c2ccc(F)cc2)o1)Nc1ccccc1C(=O)NCc1ccc2c(c1)OCO2. The second-order valence-corrected chi connectivity index (χ2v) is 8.09. The Balaban J connectivity index is 1.16. The summed E-state index contributed by atoms with van der Waals surface area (Å²) in [4.78, 5) is 29.6. The number of fused-ring (bicyclic) bond motifs is 1. The molecule has 1 aromatic heterocycles. The Morgan fingerprint density at radius 1 is 0.972 bits per heavy atom. The predicted molar refractivity (Wildman–Crippen MR) is 129 cm³/mol. The maximum Gasteiger partial charge on any atom is 0.253 e. The van der Waals surface area contributed by atoms with Gasteiger partial charge in [0.25, 0.3) is 5.91 Å². The normalized spacial score (nSPS) is 11.8. The smallest absolute Gasteiger partial charge is 0.253 e. The molecular formula is C27H22FN3O5. The molecular weight excluding hydrogens is 465 g/mol. The molecule has 182 valence electrons. The van der Waals surface area contributed by atoms with Gasteiger partial charge in [-0.25, -0.2) is 9.37 Å². The highest BCUT2D eigenvalue weighted by Gasteiger charge is 2.16. The summed E-state index contributed by atoms with van der Waals surface area (Å²) in [6.45, 7) is 0.474. The van der Waals surface area contributed by atoms with Gasteiger partial charge in [-0.1, -0.05) is 18.2 Å². The van der Waals surface area contributed by atoms with Crippen LogP contribution in [-0.2, 0) is 17.8 Å². The van der Waals surface area contributed by atoms with Crippen molar-refractivity contribution >= 4 is 17.5 Å². The fraction of sp³-hybridized carbons (Fsp3) is 0.148. The van der Waals surface area contributed by atoms with Crippen molar-refractivity contribution in [3.05, 3.63) is 95.8 Å². The molecule has 3 aromatic carbocycles. The maximum atomic E-state index is 13.1. The number of nitrogens with one attached hydrogen (secondary N) is 2. The molecule has 0 saturated heterocycles.